The summed E-state index contributed by atoms with van der Waals surface area (Å²) >= 11 is 0. The first kappa shape index (κ1) is 16.9. The van der Waals surface area contributed by atoms with E-state index in [0.29, 0.717) is 6.54 Å². The number of hydrogen-bond donors (Lipinski definition) is 1. The van der Waals surface area contributed by atoms with Gasteiger partial charge in [0.1, 0.15) is 5.75 Å². The molecule has 0 aliphatic rings. The van der Waals surface area contributed by atoms with Crippen molar-refractivity contribution in [2.24, 2.45) is 0 Å². The van der Waals surface area contributed by atoms with Gasteiger partial charge in [0, 0.05) is 18.4 Å². The Balaban J connectivity index is 1.77. The van der Waals surface area contributed by atoms with Gasteiger partial charge >= 0.3 is 6.18 Å². The molecule has 2 rings (SSSR count). The topological polar surface area (TPSA) is 56.2 Å². The average Bonchev–Trinajstić information content (AvgIpc) is 2.97. The molecule has 0 bridgehead atoms. The summed E-state index contributed by atoms with van der Waals surface area (Å²) in [6.45, 7) is 2.06. The minimum atomic E-state index is -4.39. The van der Waals surface area contributed by atoms with Crippen molar-refractivity contribution >= 4 is 5.91 Å². The number of nitrogens with zero attached hydrogens (tertiary/aromatic N) is 2. The number of rotatable bonds is 6. The molecule has 1 aromatic heterocycles. The van der Waals surface area contributed by atoms with Crippen LogP contribution in [0.4, 0.5) is 13.2 Å². The summed E-state index contributed by atoms with van der Waals surface area (Å²) in [7, 11) is 0. The van der Waals surface area contributed by atoms with Crippen LogP contribution in [0.3, 0.4) is 0 Å². The summed E-state index contributed by atoms with van der Waals surface area (Å²) in [5.41, 5.74) is -0.762. The zero-order valence-electron chi connectivity index (χ0n) is 12.4. The number of ether oxygens (including phenoxy) is 1. The normalized spacial score (nSPS) is 12.7. The molecule has 1 heterocycles. The van der Waals surface area contributed by atoms with E-state index in [0.717, 1.165) is 12.1 Å². The van der Waals surface area contributed by atoms with E-state index in [2.05, 4.69) is 10.4 Å². The minimum absolute atomic E-state index is 0.154. The van der Waals surface area contributed by atoms with Crippen LogP contribution < -0.4 is 10.1 Å². The van der Waals surface area contributed by atoms with Crippen LogP contribution >= 0.6 is 0 Å². The Morgan fingerprint density at radius 2 is 2.04 bits per heavy atom. The van der Waals surface area contributed by atoms with Gasteiger partial charge in [-0.25, -0.2) is 0 Å². The lowest BCUT2D eigenvalue weighted by Gasteiger charge is -2.14. The largest absolute Gasteiger partial charge is 0.484 e. The van der Waals surface area contributed by atoms with Crippen molar-refractivity contribution in [3.63, 3.8) is 0 Å². The van der Waals surface area contributed by atoms with Crippen LogP contribution in [-0.4, -0.2) is 28.3 Å². The van der Waals surface area contributed by atoms with E-state index in [-0.39, 0.29) is 24.3 Å². The zero-order valence-corrected chi connectivity index (χ0v) is 12.4. The van der Waals surface area contributed by atoms with Crippen LogP contribution in [0, 0.1) is 0 Å². The maximum Gasteiger partial charge on any atom is 0.416 e. The average molecular weight is 327 g/mol. The molecule has 0 unspecified atom stereocenters. The molecular weight excluding hydrogens is 311 g/mol. The van der Waals surface area contributed by atoms with Crippen LogP contribution in [0.1, 0.15) is 12.5 Å². The Bertz CT molecular complexity index is 624. The van der Waals surface area contributed by atoms with Crippen LogP contribution in [0.5, 0.6) is 5.75 Å². The van der Waals surface area contributed by atoms with Crippen LogP contribution in [-0.2, 0) is 17.5 Å². The molecule has 1 aromatic carbocycles. The monoisotopic (exact) mass is 327 g/mol. The smallest absolute Gasteiger partial charge is 0.416 e. The third-order valence-electron chi connectivity index (χ3n) is 2.98. The van der Waals surface area contributed by atoms with Crippen molar-refractivity contribution in [1.82, 2.24) is 15.1 Å². The van der Waals surface area contributed by atoms with E-state index < -0.39 is 11.7 Å². The predicted molar refractivity (Wildman–Crippen MR) is 76.8 cm³/mol. The van der Waals surface area contributed by atoms with Gasteiger partial charge in [0.2, 0.25) is 0 Å². The van der Waals surface area contributed by atoms with E-state index in [1.165, 1.54) is 12.1 Å². The molecule has 0 spiro atoms. The second-order valence-electron chi connectivity index (χ2n) is 5.01. The lowest BCUT2D eigenvalue weighted by atomic mass is 10.2. The standard InChI is InChI=1S/C15H16F3N3O2/c1-11(9-21-8-2-7-19-21)20-14(22)10-23-13-5-3-12(4-6-13)15(16,17)18/h2-8,11H,9-10H2,1H3,(H,20,22)/t11-/m1/s1. The van der Waals surface area contributed by atoms with E-state index in [1.54, 1.807) is 23.1 Å². The number of aromatic nitrogens is 2. The van der Waals surface area contributed by atoms with Gasteiger partial charge in [-0.3, -0.25) is 9.48 Å². The molecule has 0 saturated heterocycles. The fraction of sp³-hybridized carbons (Fsp3) is 0.333. The number of benzene rings is 1. The summed E-state index contributed by atoms with van der Waals surface area (Å²) in [4.78, 5) is 11.7. The quantitative estimate of drug-likeness (QED) is 0.887. The second kappa shape index (κ2) is 7.17. The summed E-state index contributed by atoms with van der Waals surface area (Å²) in [6, 6.07) is 5.81. The van der Waals surface area contributed by atoms with Crippen molar-refractivity contribution in [1.29, 1.82) is 0 Å². The van der Waals surface area contributed by atoms with Gasteiger partial charge in [0.15, 0.2) is 6.61 Å². The highest BCUT2D eigenvalue weighted by Crippen LogP contribution is 2.30. The molecule has 0 radical (unpaired) electrons. The third-order valence-corrected chi connectivity index (χ3v) is 2.98. The van der Waals surface area contributed by atoms with Crippen molar-refractivity contribution in [3.05, 3.63) is 48.3 Å². The van der Waals surface area contributed by atoms with Gasteiger partial charge < -0.3 is 10.1 Å². The van der Waals surface area contributed by atoms with Crippen molar-refractivity contribution in [2.75, 3.05) is 6.61 Å². The van der Waals surface area contributed by atoms with Gasteiger partial charge in [0.25, 0.3) is 5.91 Å². The molecule has 0 aliphatic heterocycles. The van der Waals surface area contributed by atoms with E-state index >= 15 is 0 Å². The van der Waals surface area contributed by atoms with E-state index in [9.17, 15) is 18.0 Å². The number of halogens is 3. The highest BCUT2D eigenvalue weighted by molar-refractivity contribution is 5.77. The summed E-state index contributed by atoms with van der Waals surface area (Å²) in [6.07, 6.45) is -0.971. The summed E-state index contributed by atoms with van der Waals surface area (Å²) < 4.78 is 44.1. The summed E-state index contributed by atoms with van der Waals surface area (Å²) in [5.74, 6) is -0.155. The van der Waals surface area contributed by atoms with Gasteiger partial charge in [-0.15, -0.1) is 0 Å². The predicted octanol–water partition coefficient (Wildman–Crippen LogP) is 2.49. The lowest BCUT2D eigenvalue weighted by Crippen LogP contribution is -2.38. The number of carbonyl (C=O) groups is 1. The number of amides is 1. The number of nitrogens with one attached hydrogen (secondary N) is 1. The minimum Gasteiger partial charge on any atom is -0.484 e. The fourth-order valence-corrected chi connectivity index (χ4v) is 1.94. The highest BCUT2D eigenvalue weighted by Gasteiger charge is 2.30. The van der Waals surface area contributed by atoms with Crippen molar-refractivity contribution in [2.45, 2.75) is 25.7 Å². The Kier molecular flexibility index (Phi) is 5.25. The van der Waals surface area contributed by atoms with Crippen molar-refractivity contribution in [3.8, 4) is 5.75 Å². The first-order valence-corrected chi connectivity index (χ1v) is 6.91. The van der Waals surface area contributed by atoms with Gasteiger partial charge in [0.05, 0.1) is 12.1 Å². The van der Waals surface area contributed by atoms with Gasteiger partial charge in [-0.2, -0.15) is 18.3 Å². The van der Waals surface area contributed by atoms with Gasteiger partial charge in [-0.05, 0) is 37.3 Å². The zero-order chi connectivity index (χ0) is 16.9. The molecule has 0 fully saturated rings. The van der Waals surface area contributed by atoms with E-state index in [4.69, 9.17) is 4.74 Å². The molecule has 0 saturated carbocycles. The first-order valence-electron chi connectivity index (χ1n) is 6.91. The van der Waals surface area contributed by atoms with Crippen LogP contribution in [0.2, 0.25) is 0 Å². The van der Waals surface area contributed by atoms with Crippen LogP contribution in [0.15, 0.2) is 42.7 Å². The number of hydrogen-bond acceptors (Lipinski definition) is 3. The molecule has 0 aliphatic carbocycles. The number of alkyl halides is 3. The van der Waals surface area contributed by atoms with Gasteiger partial charge in [-0.1, -0.05) is 0 Å². The molecule has 1 amide bonds. The Hall–Kier alpha value is -2.51. The molecule has 8 heteroatoms. The molecule has 1 N–H and O–H groups in total. The third kappa shape index (κ3) is 5.32. The Morgan fingerprint density at radius 3 is 2.61 bits per heavy atom. The molecule has 23 heavy (non-hydrogen) atoms. The Morgan fingerprint density at radius 1 is 1.35 bits per heavy atom. The first-order chi connectivity index (χ1) is 10.8. The lowest BCUT2D eigenvalue weighted by molar-refractivity contribution is -0.137. The SMILES string of the molecule is C[C@H](Cn1cccn1)NC(=O)COc1ccc(C(F)(F)F)cc1. The highest BCUT2D eigenvalue weighted by atomic mass is 19.4. The van der Waals surface area contributed by atoms with Crippen molar-refractivity contribution < 1.29 is 22.7 Å². The molecule has 1 atom stereocenters. The molecule has 5 nitrogen and oxygen atoms in total. The van der Waals surface area contributed by atoms with Crippen LogP contribution in [0.25, 0.3) is 0 Å². The molecule has 2 aromatic rings. The maximum absolute atomic E-state index is 12.4. The molecular formula is C15H16F3N3O2. The number of carbonyl (C=O) groups excluding carboxylic acids is 1. The van der Waals surface area contributed by atoms with E-state index in [1.807, 2.05) is 6.92 Å². The summed E-state index contributed by atoms with van der Waals surface area (Å²) in [5, 5.41) is 6.75. The second-order valence-corrected chi connectivity index (χ2v) is 5.01. The molecule has 124 valence electrons. The Labute approximate surface area is 131 Å². The fourth-order valence-electron chi connectivity index (χ4n) is 1.94. The maximum atomic E-state index is 12.4.